The molecule has 102 valence electrons. The van der Waals surface area contributed by atoms with E-state index in [4.69, 9.17) is 11.6 Å². The van der Waals surface area contributed by atoms with Crippen LogP contribution in [0.25, 0.3) is 10.9 Å². The first-order valence-corrected chi connectivity index (χ1v) is 7.83. The van der Waals surface area contributed by atoms with E-state index >= 15 is 0 Å². The molecule has 0 fully saturated rings. The lowest BCUT2D eigenvalue weighted by Crippen LogP contribution is -2.06. The highest BCUT2D eigenvalue weighted by atomic mass is 35.5. The molecule has 0 amide bonds. The molecule has 1 atom stereocenters. The first-order valence-electron chi connectivity index (χ1n) is 5.89. The Morgan fingerprint density at radius 2 is 2.25 bits per heavy atom. The minimum Gasteiger partial charge on any atom is -0.302 e. The van der Waals surface area contributed by atoms with Crippen LogP contribution in [-0.2, 0) is 17.3 Å². The number of benzene rings is 1. The fraction of sp³-hybridized carbons (Fsp3) is 0.154. The van der Waals surface area contributed by atoms with E-state index in [2.05, 4.69) is 15.2 Å². The third-order valence-corrected chi connectivity index (χ3v) is 3.97. The second kappa shape index (κ2) is 5.30. The van der Waals surface area contributed by atoms with Gasteiger partial charge < -0.3 is 4.57 Å². The number of pyridine rings is 1. The number of aromatic nitrogens is 4. The fourth-order valence-corrected chi connectivity index (χ4v) is 2.96. The van der Waals surface area contributed by atoms with Crippen molar-refractivity contribution in [3.63, 3.8) is 0 Å². The van der Waals surface area contributed by atoms with Gasteiger partial charge in [-0.1, -0.05) is 17.7 Å². The Bertz CT molecular complexity index is 802. The Balaban J connectivity index is 2.10. The van der Waals surface area contributed by atoms with Crippen LogP contribution in [0.5, 0.6) is 0 Å². The minimum absolute atomic E-state index is 0.439. The molecular formula is C13H11ClN4OS. The molecule has 0 aliphatic rings. The molecule has 2 aromatic heterocycles. The highest BCUT2D eigenvalue weighted by Crippen LogP contribution is 2.23. The van der Waals surface area contributed by atoms with Crippen molar-refractivity contribution < 1.29 is 4.21 Å². The van der Waals surface area contributed by atoms with Crippen LogP contribution in [0.4, 0.5) is 0 Å². The Kier molecular flexibility index (Phi) is 3.50. The van der Waals surface area contributed by atoms with Crippen LogP contribution in [0.1, 0.15) is 5.56 Å². The SMILES string of the molecule is C[S@@](=O)c1nncn1Cc1cc(Cl)cc2cccnc12. The standard InChI is InChI=1S/C13H11ClN4OS/c1-20(19)13-17-16-8-18(13)7-10-6-11(14)5-9-3-2-4-15-12(9)10/h2-6,8H,7H2,1H3/t20-/m1/s1. The van der Waals surface area contributed by atoms with E-state index in [1.54, 1.807) is 23.3 Å². The van der Waals surface area contributed by atoms with Gasteiger partial charge in [0, 0.05) is 22.9 Å². The van der Waals surface area contributed by atoms with Gasteiger partial charge in [0.2, 0.25) is 5.16 Å². The summed E-state index contributed by atoms with van der Waals surface area (Å²) >= 11 is 6.14. The van der Waals surface area contributed by atoms with Gasteiger partial charge in [0.05, 0.1) is 22.9 Å². The maximum atomic E-state index is 11.6. The molecule has 7 heteroatoms. The molecule has 0 radical (unpaired) electrons. The molecule has 1 aromatic carbocycles. The Morgan fingerprint density at radius 1 is 1.40 bits per heavy atom. The number of nitrogens with zero attached hydrogens (tertiary/aromatic N) is 4. The Labute approximate surface area is 123 Å². The summed E-state index contributed by atoms with van der Waals surface area (Å²) in [6.07, 6.45) is 4.88. The lowest BCUT2D eigenvalue weighted by molar-refractivity contribution is 0.654. The minimum atomic E-state index is -1.19. The molecule has 3 rings (SSSR count). The van der Waals surface area contributed by atoms with Crippen molar-refractivity contribution in [3.05, 3.63) is 47.4 Å². The van der Waals surface area contributed by atoms with Crippen LogP contribution in [0, 0.1) is 0 Å². The Hall–Kier alpha value is -1.79. The van der Waals surface area contributed by atoms with Crippen LogP contribution in [0.15, 0.2) is 41.9 Å². The van der Waals surface area contributed by atoms with Crippen LogP contribution in [-0.4, -0.2) is 30.2 Å². The zero-order valence-electron chi connectivity index (χ0n) is 10.7. The van der Waals surface area contributed by atoms with Crippen molar-refractivity contribution in [2.24, 2.45) is 0 Å². The quantitative estimate of drug-likeness (QED) is 0.745. The van der Waals surface area contributed by atoms with Crippen molar-refractivity contribution in [3.8, 4) is 0 Å². The van der Waals surface area contributed by atoms with E-state index in [1.165, 1.54) is 0 Å². The largest absolute Gasteiger partial charge is 0.302 e. The van der Waals surface area contributed by atoms with Crippen molar-refractivity contribution in [1.29, 1.82) is 0 Å². The van der Waals surface area contributed by atoms with Gasteiger partial charge in [0.1, 0.15) is 6.33 Å². The molecular weight excluding hydrogens is 296 g/mol. The molecule has 0 bridgehead atoms. The summed E-state index contributed by atoms with van der Waals surface area (Å²) in [6, 6.07) is 7.56. The lowest BCUT2D eigenvalue weighted by Gasteiger charge is -2.08. The van der Waals surface area contributed by atoms with Gasteiger partial charge >= 0.3 is 0 Å². The molecule has 2 heterocycles. The van der Waals surface area contributed by atoms with Gasteiger partial charge in [-0.2, -0.15) is 0 Å². The first kappa shape index (κ1) is 13.2. The monoisotopic (exact) mass is 306 g/mol. The summed E-state index contributed by atoms with van der Waals surface area (Å²) in [5.41, 5.74) is 1.82. The van der Waals surface area contributed by atoms with Crippen LogP contribution < -0.4 is 0 Å². The molecule has 20 heavy (non-hydrogen) atoms. The molecule has 5 nitrogen and oxygen atoms in total. The molecule has 0 saturated heterocycles. The zero-order valence-corrected chi connectivity index (χ0v) is 12.2. The van der Waals surface area contributed by atoms with E-state index in [0.717, 1.165) is 16.5 Å². The second-order valence-corrected chi connectivity index (χ2v) is 6.05. The van der Waals surface area contributed by atoms with Crippen molar-refractivity contribution >= 4 is 33.3 Å². The van der Waals surface area contributed by atoms with E-state index < -0.39 is 10.8 Å². The number of halogens is 1. The van der Waals surface area contributed by atoms with Crippen molar-refractivity contribution in [2.45, 2.75) is 11.7 Å². The molecule has 3 aromatic rings. The predicted molar refractivity (Wildman–Crippen MR) is 78.2 cm³/mol. The number of hydrogen-bond acceptors (Lipinski definition) is 4. The molecule has 0 aliphatic heterocycles. The molecule has 0 aliphatic carbocycles. The second-order valence-electron chi connectivity index (χ2n) is 4.34. The average Bonchev–Trinajstić information content (AvgIpc) is 2.87. The van der Waals surface area contributed by atoms with Gasteiger partial charge in [-0.25, -0.2) is 0 Å². The molecule has 0 spiro atoms. The van der Waals surface area contributed by atoms with Gasteiger partial charge in [0.15, 0.2) is 0 Å². The summed E-state index contributed by atoms with van der Waals surface area (Å²) in [4.78, 5) is 4.39. The van der Waals surface area contributed by atoms with Gasteiger partial charge in [-0.05, 0) is 23.8 Å². The van der Waals surface area contributed by atoms with Crippen molar-refractivity contribution in [1.82, 2.24) is 19.7 Å². The van der Waals surface area contributed by atoms with E-state index in [9.17, 15) is 4.21 Å². The van der Waals surface area contributed by atoms with E-state index in [1.807, 2.05) is 24.3 Å². The summed E-state index contributed by atoms with van der Waals surface area (Å²) in [6.45, 7) is 0.482. The number of fused-ring (bicyclic) bond motifs is 1. The van der Waals surface area contributed by atoms with Crippen LogP contribution >= 0.6 is 11.6 Å². The summed E-state index contributed by atoms with van der Waals surface area (Å²) in [5.74, 6) is 0. The number of hydrogen-bond donors (Lipinski definition) is 0. The highest BCUT2D eigenvalue weighted by Gasteiger charge is 2.11. The number of rotatable bonds is 3. The topological polar surface area (TPSA) is 60.7 Å². The summed E-state index contributed by atoms with van der Waals surface area (Å²) in [5, 5.41) is 9.74. The highest BCUT2D eigenvalue weighted by molar-refractivity contribution is 7.84. The normalized spacial score (nSPS) is 12.7. The van der Waals surface area contributed by atoms with Crippen LogP contribution in [0.3, 0.4) is 0 Å². The average molecular weight is 307 g/mol. The van der Waals surface area contributed by atoms with Crippen molar-refractivity contribution in [2.75, 3.05) is 6.26 Å². The maximum absolute atomic E-state index is 11.6. The Morgan fingerprint density at radius 3 is 3.05 bits per heavy atom. The first-order chi connectivity index (χ1) is 9.65. The molecule has 0 N–H and O–H groups in total. The summed E-state index contributed by atoms with van der Waals surface area (Å²) in [7, 11) is -1.19. The smallest absolute Gasteiger partial charge is 0.221 e. The third-order valence-electron chi connectivity index (χ3n) is 2.93. The third kappa shape index (κ3) is 2.44. The van der Waals surface area contributed by atoms with E-state index in [-0.39, 0.29) is 0 Å². The maximum Gasteiger partial charge on any atom is 0.221 e. The zero-order chi connectivity index (χ0) is 14.1. The van der Waals surface area contributed by atoms with E-state index in [0.29, 0.717) is 16.7 Å². The van der Waals surface area contributed by atoms with Crippen LogP contribution in [0.2, 0.25) is 5.02 Å². The van der Waals surface area contributed by atoms with Gasteiger partial charge in [0.25, 0.3) is 0 Å². The lowest BCUT2D eigenvalue weighted by atomic mass is 10.1. The predicted octanol–water partition coefficient (Wildman–Crippen LogP) is 2.27. The summed E-state index contributed by atoms with van der Waals surface area (Å²) < 4.78 is 13.3. The molecule has 0 unspecified atom stereocenters. The van der Waals surface area contributed by atoms with Gasteiger partial charge in [-0.3, -0.25) is 9.19 Å². The molecule has 0 saturated carbocycles. The van der Waals surface area contributed by atoms with Gasteiger partial charge in [-0.15, -0.1) is 10.2 Å². The fourth-order valence-electron chi connectivity index (χ4n) is 2.11.